The van der Waals surface area contributed by atoms with E-state index in [0.29, 0.717) is 6.04 Å². The predicted octanol–water partition coefficient (Wildman–Crippen LogP) is 4.54. The molecule has 1 heterocycles. The van der Waals surface area contributed by atoms with Crippen LogP contribution < -0.4 is 5.32 Å². The summed E-state index contributed by atoms with van der Waals surface area (Å²) in [5.41, 5.74) is 1.55. The molecule has 2 heteroatoms. The molecule has 1 fully saturated rings. The Balaban J connectivity index is 2.00. The molecule has 1 aromatic heterocycles. The monoisotopic (exact) mass is 251 g/mol. The van der Waals surface area contributed by atoms with Crippen LogP contribution in [0.2, 0.25) is 0 Å². The lowest BCUT2D eigenvalue weighted by molar-refractivity contribution is 0.307. The highest BCUT2D eigenvalue weighted by molar-refractivity contribution is 7.10. The van der Waals surface area contributed by atoms with Crippen molar-refractivity contribution in [3.8, 4) is 0 Å². The summed E-state index contributed by atoms with van der Waals surface area (Å²) in [6.07, 6.45) is 9.76. The first-order valence-electron chi connectivity index (χ1n) is 7.08. The van der Waals surface area contributed by atoms with Gasteiger partial charge in [0.2, 0.25) is 0 Å². The molecule has 1 saturated carbocycles. The third-order valence-electron chi connectivity index (χ3n) is 4.12. The lowest BCUT2D eigenvalue weighted by atomic mass is 9.84. The van der Waals surface area contributed by atoms with Crippen LogP contribution in [0.15, 0.2) is 11.4 Å². The molecule has 0 saturated heterocycles. The lowest BCUT2D eigenvalue weighted by Crippen LogP contribution is -2.21. The fourth-order valence-electron chi connectivity index (χ4n) is 3.06. The Morgan fingerprint density at radius 2 is 2.12 bits per heavy atom. The Labute approximate surface area is 110 Å². The number of aryl methyl sites for hydroxylation is 1. The van der Waals surface area contributed by atoms with Crippen molar-refractivity contribution in [3.63, 3.8) is 0 Å². The zero-order valence-electron chi connectivity index (χ0n) is 11.2. The lowest BCUT2D eigenvalue weighted by Gasteiger charge is -2.26. The van der Waals surface area contributed by atoms with E-state index in [2.05, 4.69) is 30.7 Å². The van der Waals surface area contributed by atoms with Crippen LogP contribution >= 0.6 is 11.3 Å². The van der Waals surface area contributed by atoms with Gasteiger partial charge >= 0.3 is 0 Å². The Kier molecular flexibility index (Phi) is 5.05. The van der Waals surface area contributed by atoms with Crippen molar-refractivity contribution in [2.24, 2.45) is 5.92 Å². The maximum atomic E-state index is 3.54. The summed E-state index contributed by atoms with van der Waals surface area (Å²) in [4.78, 5) is 1.58. The highest BCUT2D eigenvalue weighted by atomic mass is 32.1. The number of nitrogens with one attached hydrogen (secondary N) is 1. The van der Waals surface area contributed by atoms with E-state index in [0.717, 1.165) is 5.92 Å². The molecule has 0 amide bonds. The first kappa shape index (κ1) is 13.1. The molecule has 0 radical (unpaired) electrons. The van der Waals surface area contributed by atoms with Crippen molar-refractivity contribution in [1.29, 1.82) is 0 Å². The molecule has 0 spiro atoms. The fourth-order valence-corrected chi connectivity index (χ4v) is 4.18. The molecule has 0 aromatic carbocycles. The normalized spacial score (nSPS) is 19.4. The van der Waals surface area contributed by atoms with Crippen LogP contribution in [0.1, 0.15) is 61.9 Å². The summed E-state index contributed by atoms with van der Waals surface area (Å²) in [5, 5.41) is 5.79. The van der Waals surface area contributed by atoms with E-state index in [1.807, 2.05) is 11.3 Å². The topological polar surface area (TPSA) is 12.0 Å². The predicted molar refractivity (Wildman–Crippen MR) is 76.7 cm³/mol. The molecule has 1 unspecified atom stereocenters. The van der Waals surface area contributed by atoms with Crippen molar-refractivity contribution in [3.05, 3.63) is 21.9 Å². The maximum absolute atomic E-state index is 3.54. The van der Waals surface area contributed by atoms with E-state index in [1.54, 1.807) is 10.4 Å². The zero-order chi connectivity index (χ0) is 12.1. The number of rotatable bonds is 5. The third kappa shape index (κ3) is 3.32. The van der Waals surface area contributed by atoms with E-state index in [1.165, 1.54) is 44.9 Å². The Morgan fingerprint density at radius 3 is 2.76 bits per heavy atom. The minimum atomic E-state index is 0.591. The van der Waals surface area contributed by atoms with Gasteiger partial charge < -0.3 is 5.32 Å². The Morgan fingerprint density at radius 1 is 1.35 bits per heavy atom. The van der Waals surface area contributed by atoms with Gasteiger partial charge in [-0.25, -0.2) is 0 Å². The average Bonchev–Trinajstić information content (AvgIpc) is 2.85. The van der Waals surface area contributed by atoms with Gasteiger partial charge in [0.1, 0.15) is 0 Å². The van der Waals surface area contributed by atoms with Gasteiger partial charge in [-0.3, -0.25) is 0 Å². The molecule has 96 valence electrons. The molecule has 1 N–H and O–H groups in total. The standard InChI is InChI=1S/C15H25NS/c1-3-13-9-10-17-15(13)14(16-2)11-12-7-5-4-6-8-12/h9-10,12,14,16H,3-8,11H2,1-2H3. The molecule has 1 aliphatic rings. The Hall–Kier alpha value is -0.340. The third-order valence-corrected chi connectivity index (χ3v) is 5.19. The van der Waals surface area contributed by atoms with Gasteiger partial charge in [-0.15, -0.1) is 11.3 Å². The molecule has 0 bridgehead atoms. The van der Waals surface area contributed by atoms with Crippen molar-refractivity contribution >= 4 is 11.3 Å². The first-order valence-corrected chi connectivity index (χ1v) is 7.96. The van der Waals surface area contributed by atoms with Crippen LogP contribution in [-0.4, -0.2) is 7.05 Å². The van der Waals surface area contributed by atoms with Gasteiger partial charge in [-0.05, 0) is 42.8 Å². The number of hydrogen-bond donors (Lipinski definition) is 1. The van der Waals surface area contributed by atoms with Gasteiger partial charge in [0.25, 0.3) is 0 Å². The van der Waals surface area contributed by atoms with Gasteiger partial charge in [0.15, 0.2) is 0 Å². The maximum Gasteiger partial charge on any atom is 0.0417 e. The van der Waals surface area contributed by atoms with Crippen LogP contribution in [0.3, 0.4) is 0 Å². The summed E-state index contributed by atoms with van der Waals surface area (Å²) >= 11 is 1.93. The highest BCUT2D eigenvalue weighted by Gasteiger charge is 2.21. The van der Waals surface area contributed by atoms with Crippen molar-refractivity contribution in [1.82, 2.24) is 5.32 Å². The smallest absolute Gasteiger partial charge is 0.0417 e. The average molecular weight is 251 g/mol. The molecule has 1 aliphatic carbocycles. The Bertz CT molecular complexity index is 325. The summed E-state index contributed by atoms with van der Waals surface area (Å²) in [6, 6.07) is 2.89. The van der Waals surface area contributed by atoms with E-state index in [-0.39, 0.29) is 0 Å². The molecule has 1 nitrogen and oxygen atoms in total. The molecular weight excluding hydrogens is 226 g/mol. The van der Waals surface area contributed by atoms with Crippen LogP contribution in [0.5, 0.6) is 0 Å². The number of thiophene rings is 1. The molecule has 0 aliphatic heterocycles. The van der Waals surface area contributed by atoms with Gasteiger partial charge in [-0.2, -0.15) is 0 Å². The second kappa shape index (κ2) is 6.55. The summed E-state index contributed by atoms with van der Waals surface area (Å²) in [6.45, 7) is 2.26. The summed E-state index contributed by atoms with van der Waals surface area (Å²) < 4.78 is 0. The molecular formula is C15H25NS. The van der Waals surface area contributed by atoms with E-state index < -0.39 is 0 Å². The minimum Gasteiger partial charge on any atom is -0.312 e. The SMILES string of the molecule is CCc1ccsc1C(CC1CCCCC1)NC. The molecule has 1 aromatic rings. The number of hydrogen-bond acceptors (Lipinski definition) is 2. The second-order valence-electron chi connectivity index (χ2n) is 5.24. The highest BCUT2D eigenvalue weighted by Crippen LogP contribution is 2.34. The molecule has 17 heavy (non-hydrogen) atoms. The van der Waals surface area contributed by atoms with Crippen molar-refractivity contribution in [2.75, 3.05) is 7.05 Å². The second-order valence-corrected chi connectivity index (χ2v) is 6.19. The van der Waals surface area contributed by atoms with E-state index >= 15 is 0 Å². The van der Waals surface area contributed by atoms with E-state index in [9.17, 15) is 0 Å². The fraction of sp³-hybridized carbons (Fsp3) is 0.733. The van der Waals surface area contributed by atoms with Crippen molar-refractivity contribution in [2.45, 2.75) is 57.9 Å². The zero-order valence-corrected chi connectivity index (χ0v) is 12.0. The quantitative estimate of drug-likeness (QED) is 0.810. The van der Waals surface area contributed by atoms with Crippen molar-refractivity contribution < 1.29 is 0 Å². The van der Waals surface area contributed by atoms with Crippen LogP contribution in [0, 0.1) is 5.92 Å². The summed E-state index contributed by atoms with van der Waals surface area (Å²) in [7, 11) is 2.12. The van der Waals surface area contributed by atoms with Gasteiger partial charge in [0.05, 0.1) is 0 Å². The molecule has 1 atom stereocenters. The first-order chi connectivity index (χ1) is 8.35. The summed E-state index contributed by atoms with van der Waals surface area (Å²) in [5.74, 6) is 0.952. The van der Waals surface area contributed by atoms with Gasteiger partial charge in [0, 0.05) is 10.9 Å². The van der Waals surface area contributed by atoms with Crippen LogP contribution in [-0.2, 0) is 6.42 Å². The molecule has 2 rings (SSSR count). The minimum absolute atomic E-state index is 0.591. The largest absolute Gasteiger partial charge is 0.312 e. The van der Waals surface area contributed by atoms with Gasteiger partial charge in [-0.1, -0.05) is 39.0 Å². The van der Waals surface area contributed by atoms with E-state index in [4.69, 9.17) is 0 Å². The van der Waals surface area contributed by atoms with Crippen LogP contribution in [0.4, 0.5) is 0 Å². The van der Waals surface area contributed by atoms with Crippen LogP contribution in [0.25, 0.3) is 0 Å².